The molecule has 1 aliphatic carbocycles. The first-order valence-electron chi connectivity index (χ1n) is 5.44. The van der Waals surface area contributed by atoms with Crippen LogP contribution in [0.15, 0.2) is 4.79 Å². The lowest BCUT2D eigenvalue weighted by Gasteiger charge is -2.22. The van der Waals surface area contributed by atoms with Crippen LogP contribution in [0.25, 0.3) is 0 Å². The fourth-order valence-corrected chi connectivity index (χ4v) is 2.33. The third-order valence-corrected chi connectivity index (χ3v) is 3.09. The van der Waals surface area contributed by atoms with E-state index in [1.54, 1.807) is 11.6 Å². The Morgan fingerprint density at radius 2 is 2.07 bits per heavy atom. The molecule has 5 heteroatoms. The lowest BCUT2D eigenvalue weighted by atomic mass is 9.95. The van der Waals surface area contributed by atoms with Crippen LogP contribution in [-0.4, -0.2) is 14.3 Å². The molecule has 1 aromatic heterocycles. The van der Waals surface area contributed by atoms with Gasteiger partial charge in [0.15, 0.2) is 5.82 Å². The van der Waals surface area contributed by atoms with Gasteiger partial charge in [0, 0.05) is 13.1 Å². The van der Waals surface area contributed by atoms with E-state index in [1.165, 1.54) is 11.1 Å². The maximum absolute atomic E-state index is 12.7. The number of halogens is 1. The lowest BCUT2D eigenvalue weighted by Crippen LogP contribution is -2.28. The molecule has 0 N–H and O–H groups in total. The molecule has 0 bridgehead atoms. The first kappa shape index (κ1) is 10.4. The molecule has 2 rings (SSSR count). The van der Waals surface area contributed by atoms with Gasteiger partial charge in [-0.3, -0.25) is 4.57 Å². The van der Waals surface area contributed by atoms with Crippen molar-refractivity contribution in [3.8, 4) is 0 Å². The van der Waals surface area contributed by atoms with Gasteiger partial charge in [0.2, 0.25) is 0 Å². The Morgan fingerprint density at radius 3 is 2.67 bits per heavy atom. The second-order valence-corrected chi connectivity index (χ2v) is 4.12. The summed E-state index contributed by atoms with van der Waals surface area (Å²) in [4.78, 5) is 11.7. The zero-order valence-corrected chi connectivity index (χ0v) is 8.95. The number of hydrogen-bond acceptors (Lipinski definition) is 2. The Hall–Kier alpha value is -1.13. The highest BCUT2D eigenvalue weighted by Gasteiger charge is 2.21. The fourth-order valence-electron chi connectivity index (χ4n) is 2.33. The number of hydrogen-bond donors (Lipinski definition) is 0. The Balaban J connectivity index is 2.36. The number of nitrogens with zero attached hydrogens (tertiary/aromatic N) is 3. The van der Waals surface area contributed by atoms with E-state index in [9.17, 15) is 9.18 Å². The van der Waals surface area contributed by atoms with E-state index in [2.05, 4.69) is 5.10 Å². The van der Waals surface area contributed by atoms with Crippen LogP contribution in [0.4, 0.5) is 4.39 Å². The quantitative estimate of drug-likeness (QED) is 0.747. The Bertz CT molecular complexity index is 390. The van der Waals surface area contributed by atoms with Crippen LogP contribution >= 0.6 is 0 Å². The molecule has 0 saturated heterocycles. The summed E-state index contributed by atoms with van der Waals surface area (Å²) >= 11 is 0. The van der Waals surface area contributed by atoms with Crippen LogP contribution in [0.2, 0.25) is 0 Å². The third kappa shape index (κ3) is 1.82. The predicted molar refractivity (Wildman–Crippen MR) is 54.4 cm³/mol. The second-order valence-electron chi connectivity index (χ2n) is 4.12. The highest BCUT2D eigenvalue weighted by molar-refractivity contribution is 4.90. The molecule has 0 atom stereocenters. The van der Waals surface area contributed by atoms with Crippen molar-refractivity contribution in [3.05, 3.63) is 16.3 Å². The number of aromatic nitrogens is 3. The zero-order valence-electron chi connectivity index (χ0n) is 8.95. The summed E-state index contributed by atoms with van der Waals surface area (Å²) in [5.41, 5.74) is -0.186. The summed E-state index contributed by atoms with van der Waals surface area (Å²) in [5, 5.41) is 3.90. The normalized spacial score (nSPS) is 18.3. The van der Waals surface area contributed by atoms with E-state index in [4.69, 9.17) is 0 Å². The summed E-state index contributed by atoms with van der Waals surface area (Å²) < 4.78 is 15.5. The minimum absolute atomic E-state index is 0.158. The van der Waals surface area contributed by atoms with Gasteiger partial charge in [-0.05, 0) is 12.8 Å². The molecular formula is C10H16FN3O. The Morgan fingerprint density at radius 1 is 1.40 bits per heavy atom. The first-order valence-corrected chi connectivity index (χ1v) is 5.44. The molecule has 0 spiro atoms. The van der Waals surface area contributed by atoms with Crippen LogP contribution < -0.4 is 5.69 Å². The van der Waals surface area contributed by atoms with Crippen molar-refractivity contribution in [3.63, 3.8) is 0 Å². The molecule has 4 nitrogen and oxygen atoms in total. The average Bonchev–Trinajstić information content (AvgIpc) is 2.56. The van der Waals surface area contributed by atoms with E-state index < -0.39 is 6.67 Å². The van der Waals surface area contributed by atoms with Crippen molar-refractivity contribution in [1.29, 1.82) is 0 Å². The summed E-state index contributed by atoms with van der Waals surface area (Å²) in [5.74, 6) is 0.273. The molecule has 1 aliphatic rings. The number of aryl methyl sites for hydroxylation is 1. The maximum atomic E-state index is 12.7. The SMILES string of the molecule is Cn1nc(CF)n(C2CCCCC2)c1=O. The molecule has 84 valence electrons. The number of alkyl halides is 1. The van der Waals surface area contributed by atoms with E-state index in [0.717, 1.165) is 25.7 Å². The largest absolute Gasteiger partial charge is 0.345 e. The molecule has 1 aromatic rings. The fraction of sp³-hybridized carbons (Fsp3) is 0.800. The van der Waals surface area contributed by atoms with Gasteiger partial charge in [0.1, 0.15) is 6.67 Å². The summed E-state index contributed by atoms with van der Waals surface area (Å²) in [6.07, 6.45) is 5.41. The van der Waals surface area contributed by atoms with Crippen molar-refractivity contribution in [2.45, 2.75) is 44.8 Å². The van der Waals surface area contributed by atoms with Crippen molar-refractivity contribution in [2.24, 2.45) is 7.05 Å². The maximum Gasteiger partial charge on any atom is 0.345 e. The monoisotopic (exact) mass is 213 g/mol. The molecule has 0 unspecified atom stereocenters. The van der Waals surface area contributed by atoms with Gasteiger partial charge < -0.3 is 0 Å². The highest BCUT2D eigenvalue weighted by atomic mass is 19.1. The molecule has 0 aromatic carbocycles. The van der Waals surface area contributed by atoms with Crippen molar-refractivity contribution >= 4 is 0 Å². The summed E-state index contributed by atoms with van der Waals surface area (Å²) in [6.45, 7) is -0.660. The van der Waals surface area contributed by atoms with E-state index in [1.807, 2.05) is 0 Å². The van der Waals surface area contributed by atoms with Crippen LogP contribution in [0.5, 0.6) is 0 Å². The van der Waals surface area contributed by atoms with E-state index in [0.29, 0.717) is 0 Å². The van der Waals surface area contributed by atoms with E-state index in [-0.39, 0.29) is 17.6 Å². The van der Waals surface area contributed by atoms with E-state index >= 15 is 0 Å². The topological polar surface area (TPSA) is 39.8 Å². The minimum atomic E-state index is -0.660. The lowest BCUT2D eigenvalue weighted by molar-refractivity contribution is 0.325. The van der Waals surface area contributed by atoms with Gasteiger partial charge in [0.05, 0.1) is 0 Å². The molecule has 0 amide bonds. The zero-order chi connectivity index (χ0) is 10.8. The Kier molecular flexibility index (Phi) is 2.88. The minimum Gasteiger partial charge on any atom is -0.274 e. The predicted octanol–water partition coefficient (Wildman–Crippen LogP) is 1.56. The van der Waals surface area contributed by atoms with Crippen molar-refractivity contribution in [1.82, 2.24) is 14.3 Å². The first-order chi connectivity index (χ1) is 7.24. The molecule has 1 fully saturated rings. The van der Waals surface area contributed by atoms with Gasteiger partial charge in [-0.25, -0.2) is 13.9 Å². The van der Waals surface area contributed by atoms with Gasteiger partial charge in [0.25, 0.3) is 0 Å². The summed E-state index contributed by atoms with van der Waals surface area (Å²) in [7, 11) is 1.57. The van der Waals surface area contributed by atoms with Crippen LogP contribution in [0.1, 0.15) is 44.0 Å². The third-order valence-electron chi connectivity index (χ3n) is 3.09. The molecular weight excluding hydrogens is 197 g/mol. The van der Waals surface area contributed by atoms with Crippen LogP contribution in [-0.2, 0) is 13.7 Å². The second kappa shape index (κ2) is 4.16. The average molecular weight is 213 g/mol. The smallest absolute Gasteiger partial charge is 0.274 e. The Labute approximate surface area is 87.7 Å². The standard InChI is InChI=1S/C10H16FN3O/c1-13-10(15)14(9(7-11)12-13)8-5-3-2-4-6-8/h8H,2-7H2,1H3. The molecule has 1 saturated carbocycles. The molecule has 0 radical (unpaired) electrons. The van der Waals surface area contributed by atoms with Gasteiger partial charge in [-0.1, -0.05) is 19.3 Å². The molecule has 1 heterocycles. The van der Waals surface area contributed by atoms with Gasteiger partial charge >= 0.3 is 5.69 Å². The summed E-state index contributed by atoms with van der Waals surface area (Å²) in [6, 6.07) is 0.158. The van der Waals surface area contributed by atoms with Crippen molar-refractivity contribution in [2.75, 3.05) is 0 Å². The molecule has 15 heavy (non-hydrogen) atoms. The van der Waals surface area contributed by atoms with Gasteiger partial charge in [-0.2, -0.15) is 5.10 Å². The van der Waals surface area contributed by atoms with Crippen LogP contribution in [0, 0.1) is 0 Å². The van der Waals surface area contributed by atoms with Gasteiger partial charge in [-0.15, -0.1) is 0 Å². The molecule has 0 aliphatic heterocycles. The van der Waals surface area contributed by atoms with Crippen molar-refractivity contribution < 1.29 is 4.39 Å². The van der Waals surface area contributed by atoms with Crippen LogP contribution in [0.3, 0.4) is 0 Å². The highest BCUT2D eigenvalue weighted by Crippen LogP contribution is 2.27. The number of rotatable bonds is 2.